The zero-order valence-corrected chi connectivity index (χ0v) is 21.0. The van der Waals surface area contributed by atoms with Gasteiger partial charge in [0.1, 0.15) is 6.04 Å². The number of tetrazole rings is 1. The summed E-state index contributed by atoms with van der Waals surface area (Å²) in [6, 6.07) is 13.4. The second kappa shape index (κ2) is 9.85. The van der Waals surface area contributed by atoms with E-state index >= 15 is 0 Å². The fourth-order valence-electron chi connectivity index (χ4n) is 5.55. The zero-order chi connectivity index (χ0) is 25.4. The van der Waals surface area contributed by atoms with E-state index in [2.05, 4.69) is 43.6 Å². The minimum atomic E-state index is -0.487. The number of ether oxygens (including phenoxy) is 3. The van der Waals surface area contributed by atoms with Crippen molar-refractivity contribution in [1.29, 1.82) is 0 Å². The van der Waals surface area contributed by atoms with Crippen LogP contribution in [0.15, 0.2) is 47.3 Å². The average Bonchev–Trinajstić information content (AvgIpc) is 3.61. The van der Waals surface area contributed by atoms with Gasteiger partial charge in [-0.15, -0.1) is 5.10 Å². The van der Waals surface area contributed by atoms with Crippen LogP contribution in [0.3, 0.4) is 0 Å². The number of nitrogens with zero attached hydrogens (tertiary/aromatic N) is 5. The van der Waals surface area contributed by atoms with Crippen LogP contribution in [0.2, 0.25) is 0 Å². The van der Waals surface area contributed by atoms with Crippen LogP contribution in [0, 0.1) is 0 Å². The number of aromatic amines is 1. The highest BCUT2D eigenvalue weighted by atomic mass is 16.5. The molecule has 0 saturated carbocycles. The van der Waals surface area contributed by atoms with Gasteiger partial charge in [0.2, 0.25) is 0 Å². The Labute approximate surface area is 214 Å². The number of pyridine rings is 1. The first-order valence-corrected chi connectivity index (χ1v) is 12.7. The van der Waals surface area contributed by atoms with E-state index in [1.54, 1.807) is 25.0 Å². The van der Waals surface area contributed by atoms with Gasteiger partial charge in [-0.3, -0.25) is 4.79 Å². The van der Waals surface area contributed by atoms with Crippen molar-refractivity contribution in [2.75, 3.05) is 32.3 Å². The number of nitrogens with one attached hydrogen (secondary N) is 1. The SMILES string of the molecule is COc1cc2cc([C@H](c3nnnn3C[C@@H]3CCCO3)N3CCCc4ccccc43)c(=O)[nH]c2cc1OC. The van der Waals surface area contributed by atoms with Gasteiger partial charge >= 0.3 is 0 Å². The molecule has 0 aliphatic carbocycles. The fourth-order valence-corrected chi connectivity index (χ4v) is 5.55. The highest BCUT2D eigenvalue weighted by Gasteiger charge is 2.34. The van der Waals surface area contributed by atoms with Gasteiger partial charge in [-0.25, -0.2) is 4.68 Å². The minimum absolute atomic E-state index is 0.0585. The van der Waals surface area contributed by atoms with Crippen LogP contribution in [0.4, 0.5) is 5.69 Å². The van der Waals surface area contributed by atoms with Crippen LogP contribution in [0.1, 0.15) is 42.3 Å². The summed E-state index contributed by atoms with van der Waals surface area (Å²) >= 11 is 0. The number of aromatic nitrogens is 5. The van der Waals surface area contributed by atoms with Crippen LogP contribution < -0.4 is 19.9 Å². The Bertz CT molecular complexity index is 1480. The molecule has 4 heterocycles. The molecule has 2 aromatic carbocycles. The highest BCUT2D eigenvalue weighted by Crippen LogP contribution is 2.38. The third-order valence-electron chi connectivity index (χ3n) is 7.33. The fraction of sp³-hybridized carbons (Fsp3) is 0.407. The lowest BCUT2D eigenvalue weighted by Crippen LogP contribution is -2.39. The van der Waals surface area contributed by atoms with Crippen molar-refractivity contribution in [2.45, 2.75) is 44.4 Å². The maximum absolute atomic E-state index is 13.7. The summed E-state index contributed by atoms with van der Waals surface area (Å²) in [5.74, 6) is 1.77. The Kier molecular flexibility index (Phi) is 6.25. The normalized spacial score (nSPS) is 18.1. The van der Waals surface area contributed by atoms with Gasteiger partial charge in [0.15, 0.2) is 17.3 Å². The Morgan fingerprint density at radius 1 is 1.14 bits per heavy atom. The van der Waals surface area contributed by atoms with E-state index in [1.165, 1.54) is 5.56 Å². The van der Waals surface area contributed by atoms with Crippen molar-refractivity contribution >= 4 is 16.6 Å². The van der Waals surface area contributed by atoms with Gasteiger partial charge in [-0.1, -0.05) is 18.2 Å². The van der Waals surface area contributed by atoms with E-state index in [9.17, 15) is 4.79 Å². The molecule has 192 valence electrons. The van der Waals surface area contributed by atoms with Crippen molar-refractivity contribution in [2.24, 2.45) is 0 Å². The quantitative estimate of drug-likeness (QED) is 0.410. The molecular weight excluding hydrogens is 472 g/mol. The summed E-state index contributed by atoms with van der Waals surface area (Å²) < 4.78 is 18.6. The molecule has 0 amide bonds. The van der Waals surface area contributed by atoms with Crippen molar-refractivity contribution in [3.63, 3.8) is 0 Å². The second-order valence-corrected chi connectivity index (χ2v) is 9.53. The molecule has 10 nitrogen and oxygen atoms in total. The summed E-state index contributed by atoms with van der Waals surface area (Å²) in [5.41, 5.74) is 3.39. The molecule has 10 heteroatoms. The molecule has 0 unspecified atom stereocenters. The van der Waals surface area contributed by atoms with E-state index in [0.717, 1.165) is 49.9 Å². The summed E-state index contributed by atoms with van der Waals surface area (Å²) in [6.07, 6.45) is 4.01. The van der Waals surface area contributed by atoms with Gasteiger partial charge in [0, 0.05) is 35.9 Å². The third kappa shape index (κ3) is 4.31. The maximum atomic E-state index is 13.7. The number of fused-ring (bicyclic) bond motifs is 2. The highest BCUT2D eigenvalue weighted by molar-refractivity contribution is 5.83. The number of para-hydroxylation sites is 1. The molecule has 6 rings (SSSR count). The third-order valence-corrected chi connectivity index (χ3v) is 7.33. The standard InChI is InChI=1S/C27H30N6O4/c1-35-23-14-18-13-20(27(34)28-21(18)15-24(23)36-2)25(32-11-5-8-17-7-3-4-10-22(17)32)26-29-30-31-33(26)16-19-9-6-12-37-19/h3-4,7,10,13-15,19,25H,5-6,8-9,11-12,16H2,1-2H3,(H,28,34)/t19-,25+/m0/s1. The largest absolute Gasteiger partial charge is 0.493 e. The number of benzene rings is 2. The van der Waals surface area contributed by atoms with Crippen LogP contribution in [-0.4, -0.2) is 58.7 Å². The smallest absolute Gasteiger partial charge is 0.254 e. The van der Waals surface area contributed by atoms with Crippen molar-refractivity contribution in [1.82, 2.24) is 25.2 Å². The lowest BCUT2D eigenvalue weighted by molar-refractivity contribution is 0.0924. The Hall–Kier alpha value is -3.92. The predicted molar refractivity (Wildman–Crippen MR) is 138 cm³/mol. The molecule has 2 aromatic heterocycles. The minimum Gasteiger partial charge on any atom is -0.493 e. The molecule has 0 radical (unpaired) electrons. The molecule has 2 aliphatic heterocycles. The van der Waals surface area contributed by atoms with Gasteiger partial charge < -0.3 is 24.1 Å². The first-order chi connectivity index (χ1) is 18.2. The van der Waals surface area contributed by atoms with Crippen molar-refractivity contribution in [3.8, 4) is 11.5 Å². The summed E-state index contributed by atoms with van der Waals surface area (Å²) in [4.78, 5) is 19.0. The molecule has 2 aliphatic rings. The van der Waals surface area contributed by atoms with E-state index in [0.29, 0.717) is 34.9 Å². The monoisotopic (exact) mass is 502 g/mol. The van der Waals surface area contributed by atoms with Gasteiger partial charge in [0.05, 0.1) is 32.4 Å². The van der Waals surface area contributed by atoms with Crippen molar-refractivity contribution in [3.05, 3.63) is 69.8 Å². The average molecular weight is 503 g/mol. The second-order valence-electron chi connectivity index (χ2n) is 9.53. The van der Waals surface area contributed by atoms with Gasteiger partial charge in [0.25, 0.3) is 5.56 Å². The topological polar surface area (TPSA) is 107 Å². The van der Waals surface area contributed by atoms with Crippen LogP contribution in [-0.2, 0) is 17.7 Å². The lowest BCUT2D eigenvalue weighted by atomic mass is 9.96. The Balaban J connectivity index is 1.53. The summed E-state index contributed by atoms with van der Waals surface area (Å²) in [6.45, 7) is 2.07. The van der Waals surface area contributed by atoms with Crippen LogP contribution >= 0.6 is 0 Å². The predicted octanol–water partition coefficient (Wildman–Crippen LogP) is 3.25. The number of hydrogen-bond donors (Lipinski definition) is 1. The number of aryl methyl sites for hydroxylation is 1. The molecule has 2 atom stereocenters. The molecule has 1 fully saturated rings. The number of rotatable bonds is 7. The van der Waals surface area contributed by atoms with E-state index < -0.39 is 6.04 Å². The van der Waals surface area contributed by atoms with Crippen molar-refractivity contribution < 1.29 is 14.2 Å². The molecule has 1 N–H and O–H groups in total. The molecule has 0 spiro atoms. The first-order valence-electron chi connectivity index (χ1n) is 12.7. The number of H-pyrrole nitrogens is 1. The summed E-state index contributed by atoms with van der Waals surface area (Å²) in [5, 5.41) is 13.7. The van der Waals surface area contributed by atoms with E-state index in [1.807, 2.05) is 18.2 Å². The molecule has 0 bridgehead atoms. The molecule has 4 aromatic rings. The molecule has 1 saturated heterocycles. The number of methoxy groups -OCH3 is 2. The maximum Gasteiger partial charge on any atom is 0.254 e. The number of anilines is 1. The van der Waals surface area contributed by atoms with Crippen LogP contribution in [0.5, 0.6) is 11.5 Å². The first kappa shape index (κ1) is 23.5. The van der Waals surface area contributed by atoms with Gasteiger partial charge in [-0.05, 0) is 59.9 Å². The Morgan fingerprint density at radius 3 is 2.78 bits per heavy atom. The number of hydrogen-bond acceptors (Lipinski definition) is 8. The molecule has 37 heavy (non-hydrogen) atoms. The Morgan fingerprint density at radius 2 is 1.97 bits per heavy atom. The van der Waals surface area contributed by atoms with Gasteiger partial charge in [-0.2, -0.15) is 0 Å². The lowest BCUT2D eigenvalue weighted by Gasteiger charge is -2.37. The van der Waals surface area contributed by atoms with E-state index in [4.69, 9.17) is 14.2 Å². The van der Waals surface area contributed by atoms with E-state index in [-0.39, 0.29) is 11.7 Å². The summed E-state index contributed by atoms with van der Waals surface area (Å²) in [7, 11) is 3.18. The van der Waals surface area contributed by atoms with Crippen LogP contribution in [0.25, 0.3) is 10.9 Å². The zero-order valence-electron chi connectivity index (χ0n) is 21.0. The molecular formula is C27H30N6O4.